The van der Waals surface area contributed by atoms with Crippen LogP contribution in [-0.2, 0) is 4.74 Å². The van der Waals surface area contributed by atoms with Crippen molar-refractivity contribution < 1.29 is 4.74 Å². The average Bonchev–Trinajstić information content (AvgIpc) is 2.71. The van der Waals surface area contributed by atoms with Crippen LogP contribution in [0.15, 0.2) is 60.7 Å². The van der Waals surface area contributed by atoms with Gasteiger partial charge in [0.1, 0.15) is 11.6 Å². The molecular weight excluding hydrogens is 324 g/mol. The van der Waals surface area contributed by atoms with Gasteiger partial charge in [-0.15, -0.1) is 0 Å². The SMILES string of the molecule is Cc1ccccc1Nc1cc(N2CCOCC2)nc(-c2ccccc2)n1. The predicted octanol–water partition coefficient (Wildman–Crippen LogP) is 4.03. The molecule has 1 aliphatic rings. The Bertz CT molecular complexity index is 876. The van der Waals surface area contributed by atoms with Crippen molar-refractivity contribution in [2.75, 3.05) is 36.5 Å². The summed E-state index contributed by atoms with van der Waals surface area (Å²) in [6.45, 7) is 5.23. The van der Waals surface area contributed by atoms with E-state index in [9.17, 15) is 0 Å². The van der Waals surface area contributed by atoms with Crippen molar-refractivity contribution in [3.8, 4) is 11.4 Å². The minimum atomic E-state index is 0.727. The van der Waals surface area contributed by atoms with Crippen molar-refractivity contribution in [1.29, 1.82) is 0 Å². The number of aromatic nitrogens is 2. The van der Waals surface area contributed by atoms with Crippen molar-refractivity contribution in [3.05, 3.63) is 66.2 Å². The largest absolute Gasteiger partial charge is 0.378 e. The molecule has 1 saturated heterocycles. The summed E-state index contributed by atoms with van der Waals surface area (Å²) in [5.41, 5.74) is 3.24. The van der Waals surface area contributed by atoms with E-state index in [0.29, 0.717) is 0 Å². The Hall–Kier alpha value is -2.92. The molecule has 1 N–H and O–H groups in total. The van der Waals surface area contributed by atoms with E-state index in [1.165, 1.54) is 5.56 Å². The van der Waals surface area contributed by atoms with Crippen LogP contribution in [-0.4, -0.2) is 36.3 Å². The molecule has 2 heterocycles. The van der Waals surface area contributed by atoms with Crippen LogP contribution in [0.3, 0.4) is 0 Å². The third-order valence-electron chi connectivity index (χ3n) is 4.49. The summed E-state index contributed by atoms with van der Waals surface area (Å²) in [6, 6.07) is 20.3. The summed E-state index contributed by atoms with van der Waals surface area (Å²) in [7, 11) is 0. The second-order valence-electron chi connectivity index (χ2n) is 6.34. The molecule has 26 heavy (non-hydrogen) atoms. The summed E-state index contributed by atoms with van der Waals surface area (Å²) < 4.78 is 5.48. The molecule has 1 aliphatic heterocycles. The highest BCUT2D eigenvalue weighted by Crippen LogP contribution is 2.26. The minimum Gasteiger partial charge on any atom is -0.378 e. The Morgan fingerprint density at radius 3 is 2.42 bits per heavy atom. The van der Waals surface area contributed by atoms with E-state index >= 15 is 0 Å². The molecule has 0 radical (unpaired) electrons. The normalized spacial score (nSPS) is 14.3. The van der Waals surface area contributed by atoms with Crippen LogP contribution >= 0.6 is 0 Å². The smallest absolute Gasteiger partial charge is 0.163 e. The number of para-hydroxylation sites is 1. The fourth-order valence-corrected chi connectivity index (χ4v) is 3.02. The van der Waals surface area contributed by atoms with Crippen LogP contribution in [0, 0.1) is 6.92 Å². The standard InChI is InChI=1S/C21H22N4O/c1-16-7-5-6-10-18(16)22-19-15-20(25-11-13-26-14-12-25)24-21(23-19)17-8-3-2-4-9-17/h2-10,15H,11-14H2,1H3,(H,22,23,24). The molecule has 0 spiro atoms. The fourth-order valence-electron chi connectivity index (χ4n) is 3.02. The van der Waals surface area contributed by atoms with Gasteiger partial charge in [0.2, 0.25) is 0 Å². The highest BCUT2D eigenvalue weighted by molar-refractivity contribution is 5.67. The van der Waals surface area contributed by atoms with Gasteiger partial charge in [-0.1, -0.05) is 48.5 Å². The third-order valence-corrected chi connectivity index (χ3v) is 4.49. The van der Waals surface area contributed by atoms with Crippen LogP contribution in [0.2, 0.25) is 0 Å². The van der Waals surface area contributed by atoms with Crippen molar-refractivity contribution in [3.63, 3.8) is 0 Å². The predicted molar refractivity (Wildman–Crippen MR) is 105 cm³/mol. The molecule has 3 aromatic rings. The number of morpholine rings is 1. The Kier molecular flexibility index (Phi) is 4.80. The van der Waals surface area contributed by atoms with Crippen molar-refractivity contribution in [1.82, 2.24) is 9.97 Å². The zero-order chi connectivity index (χ0) is 17.8. The number of benzene rings is 2. The topological polar surface area (TPSA) is 50.3 Å². The first-order valence-corrected chi connectivity index (χ1v) is 8.89. The van der Waals surface area contributed by atoms with Crippen molar-refractivity contribution in [2.24, 2.45) is 0 Å². The maximum absolute atomic E-state index is 5.48. The Morgan fingerprint density at radius 2 is 1.65 bits per heavy atom. The lowest BCUT2D eigenvalue weighted by Crippen LogP contribution is -2.36. The second kappa shape index (κ2) is 7.54. The van der Waals surface area contributed by atoms with Gasteiger partial charge >= 0.3 is 0 Å². The number of ether oxygens (including phenoxy) is 1. The minimum absolute atomic E-state index is 0.727. The lowest BCUT2D eigenvalue weighted by molar-refractivity contribution is 0.122. The molecule has 5 nitrogen and oxygen atoms in total. The Morgan fingerprint density at radius 1 is 0.923 bits per heavy atom. The average molecular weight is 346 g/mol. The number of aryl methyl sites for hydroxylation is 1. The van der Waals surface area contributed by atoms with E-state index in [1.54, 1.807) is 0 Å². The van der Waals surface area contributed by atoms with E-state index in [2.05, 4.69) is 29.3 Å². The summed E-state index contributed by atoms with van der Waals surface area (Å²) in [4.78, 5) is 11.8. The monoisotopic (exact) mass is 346 g/mol. The van der Waals surface area contributed by atoms with Gasteiger partial charge in [0, 0.05) is 30.4 Å². The quantitative estimate of drug-likeness (QED) is 0.773. The molecule has 0 saturated carbocycles. The maximum Gasteiger partial charge on any atom is 0.163 e. The maximum atomic E-state index is 5.48. The van der Waals surface area contributed by atoms with Crippen molar-refractivity contribution in [2.45, 2.75) is 6.92 Å². The number of nitrogens with one attached hydrogen (secondary N) is 1. The van der Waals surface area contributed by atoms with Gasteiger partial charge in [-0.25, -0.2) is 9.97 Å². The Balaban J connectivity index is 1.73. The van der Waals surface area contributed by atoms with Crippen LogP contribution in [0.5, 0.6) is 0 Å². The molecular formula is C21H22N4O. The number of rotatable bonds is 4. The molecule has 5 heteroatoms. The number of hydrogen-bond acceptors (Lipinski definition) is 5. The van der Waals surface area contributed by atoms with Crippen LogP contribution in [0.4, 0.5) is 17.3 Å². The Labute approximate surface area is 153 Å². The fraction of sp³-hybridized carbons (Fsp3) is 0.238. The molecule has 0 aliphatic carbocycles. The molecule has 0 amide bonds. The zero-order valence-electron chi connectivity index (χ0n) is 14.9. The van der Waals surface area contributed by atoms with Gasteiger partial charge in [-0.2, -0.15) is 0 Å². The highest BCUT2D eigenvalue weighted by Gasteiger charge is 2.16. The van der Waals surface area contributed by atoms with Gasteiger partial charge in [-0.3, -0.25) is 0 Å². The first-order chi connectivity index (χ1) is 12.8. The summed E-state index contributed by atoms with van der Waals surface area (Å²) in [6.07, 6.45) is 0. The van der Waals surface area contributed by atoms with E-state index in [-0.39, 0.29) is 0 Å². The third kappa shape index (κ3) is 3.68. The molecule has 4 rings (SSSR count). The molecule has 1 aromatic heterocycles. The zero-order valence-corrected chi connectivity index (χ0v) is 14.9. The number of nitrogens with zero attached hydrogens (tertiary/aromatic N) is 3. The molecule has 0 atom stereocenters. The molecule has 132 valence electrons. The van der Waals surface area contributed by atoms with Crippen LogP contribution < -0.4 is 10.2 Å². The molecule has 0 unspecified atom stereocenters. The first-order valence-electron chi connectivity index (χ1n) is 8.89. The summed E-state index contributed by atoms with van der Waals surface area (Å²) in [5.74, 6) is 2.46. The van der Waals surface area contributed by atoms with Gasteiger partial charge in [0.15, 0.2) is 5.82 Å². The summed E-state index contributed by atoms with van der Waals surface area (Å²) in [5, 5.41) is 3.45. The second-order valence-corrected chi connectivity index (χ2v) is 6.34. The summed E-state index contributed by atoms with van der Waals surface area (Å²) >= 11 is 0. The van der Waals surface area contributed by atoms with Crippen LogP contribution in [0.1, 0.15) is 5.56 Å². The van der Waals surface area contributed by atoms with E-state index in [4.69, 9.17) is 14.7 Å². The van der Waals surface area contributed by atoms with E-state index in [0.717, 1.165) is 55.0 Å². The highest BCUT2D eigenvalue weighted by atomic mass is 16.5. The van der Waals surface area contributed by atoms with E-state index in [1.807, 2.05) is 48.5 Å². The van der Waals surface area contributed by atoms with Crippen molar-refractivity contribution >= 4 is 17.3 Å². The molecule has 0 bridgehead atoms. The first kappa shape index (κ1) is 16.5. The van der Waals surface area contributed by atoms with Gasteiger partial charge < -0.3 is 15.0 Å². The lowest BCUT2D eigenvalue weighted by atomic mass is 10.2. The van der Waals surface area contributed by atoms with E-state index < -0.39 is 0 Å². The van der Waals surface area contributed by atoms with Gasteiger partial charge in [0.05, 0.1) is 13.2 Å². The lowest BCUT2D eigenvalue weighted by Gasteiger charge is -2.28. The molecule has 2 aromatic carbocycles. The number of hydrogen-bond donors (Lipinski definition) is 1. The van der Waals surface area contributed by atoms with Crippen LogP contribution in [0.25, 0.3) is 11.4 Å². The number of anilines is 3. The van der Waals surface area contributed by atoms with Gasteiger partial charge in [-0.05, 0) is 18.6 Å². The van der Waals surface area contributed by atoms with Gasteiger partial charge in [0.25, 0.3) is 0 Å². The molecule has 1 fully saturated rings.